The third kappa shape index (κ3) is 2.22. The summed E-state index contributed by atoms with van der Waals surface area (Å²) in [7, 11) is 0. The molecule has 1 saturated carbocycles. The van der Waals surface area contributed by atoms with Gasteiger partial charge >= 0.3 is 0 Å². The van der Waals surface area contributed by atoms with Gasteiger partial charge in [-0.3, -0.25) is 4.79 Å². The van der Waals surface area contributed by atoms with E-state index in [-0.39, 0.29) is 0 Å². The highest BCUT2D eigenvalue weighted by molar-refractivity contribution is 7.14. The third-order valence-electron chi connectivity index (χ3n) is 3.69. The molecule has 16 heavy (non-hydrogen) atoms. The van der Waals surface area contributed by atoms with Gasteiger partial charge in [0.15, 0.2) is 5.78 Å². The van der Waals surface area contributed by atoms with Crippen molar-refractivity contribution in [3.05, 3.63) is 21.4 Å². The second-order valence-electron chi connectivity index (χ2n) is 5.19. The first-order chi connectivity index (χ1) is 7.83. The minimum Gasteiger partial charge on any atom is -0.293 e. The van der Waals surface area contributed by atoms with Gasteiger partial charge in [0, 0.05) is 11.3 Å². The van der Waals surface area contributed by atoms with E-state index < -0.39 is 0 Å². The van der Waals surface area contributed by atoms with Gasteiger partial charge < -0.3 is 0 Å². The normalized spacial score (nSPS) is 20.2. The summed E-state index contributed by atoms with van der Waals surface area (Å²) in [6.07, 6.45) is 9.73. The molecule has 1 heterocycles. The number of carbonyl (C=O) groups is 1. The zero-order valence-corrected chi connectivity index (χ0v) is 10.4. The zero-order chi connectivity index (χ0) is 11.0. The molecule has 2 heteroatoms. The van der Waals surface area contributed by atoms with Crippen LogP contribution >= 0.6 is 11.3 Å². The molecule has 2 aliphatic carbocycles. The molecule has 2 aliphatic rings. The fourth-order valence-electron chi connectivity index (χ4n) is 2.49. The largest absolute Gasteiger partial charge is 0.293 e. The first kappa shape index (κ1) is 10.5. The number of hydrogen-bond donors (Lipinski definition) is 0. The lowest BCUT2D eigenvalue weighted by molar-refractivity contribution is 0.0980. The van der Waals surface area contributed by atoms with Gasteiger partial charge in [-0.1, -0.05) is 6.42 Å². The van der Waals surface area contributed by atoms with E-state index in [0.29, 0.717) is 5.78 Å². The van der Waals surface area contributed by atoms with E-state index in [4.69, 9.17) is 0 Å². The Hall–Kier alpha value is -0.630. The molecule has 0 N–H and O–H groups in total. The standard InChI is InChI=1S/C14H18OS/c15-12(8-10-6-7-10)14-9-11-4-2-1-3-5-13(11)16-14/h9-10H,1-8H2. The molecule has 1 aromatic heterocycles. The number of aryl methyl sites for hydroxylation is 2. The maximum Gasteiger partial charge on any atom is 0.173 e. The van der Waals surface area contributed by atoms with Crippen LogP contribution in [0.2, 0.25) is 0 Å². The maximum absolute atomic E-state index is 12.0. The summed E-state index contributed by atoms with van der Waals surface area (Å²) >= 11 is 1.78. The number of hydrogen-bond acceptors (Lipinski definition) is 2. The van der Waals surface area contributed by atoms with Gasteiger partial charge in [-0.05, 0) is 56.1 Å². The number of ketones is 1. The summed E-state index contributed by atoms with van der Waals surface area (Å²) in [5.74, 6) is 1.12. The summed E-state index contributed by atoms with van der Waals surface area (Å²) in [4.78, 5) is 14.5. The Balaban J connectivity index is 1.77. The maximum atomic E-state index is 12.0. The van der Waals surface area contributed by atoms with Crippen LogP contribution in [0, 0.1) is 5.92 Å². The monoisotopic (exact) mass is 234 g/mol. The second-order valence-corrected chi connectivity index (χ2v) is 6.33. The van der Waals surface area contributed by atoms with E-state index in [2.05, 4.69) is 6.07 Å². The summed E-state index contributed by atoms with van der Waals surface area (Å²) in [5, 5.41) is 0. The Labute approximate surface area is 101 Å². The predicted octanol–water partition coefficient (Wildman–Crippen LogP) is 4.00. The van der Waals surface area contributed by atoms with Gasteiger partial charge in [0.1, 0.15) is 0 Å². The minimum atomic E-state index is 0.403. The van der Waals surface area contributed by atoms with Crippen molar-refractivity contribution in [2.24, 2.45) is 5.92 Å². The Morgan fingerprint density at radius 3 is 2.88 bits per heavy atom. The van der Waals surface area contributed by atoms with Gasteiger partial charge in [-0.25, -0.2) is 0 Å². The van der Waals surface area contributed by atoms with Crippen molar-refractivity contribution < 1.29 is 4.79 Å². The van der Waals surface area contributed by atoms with Crippen LogP contribution in [0.4, 0.5) is 0 Å². The van der Waals surface area contributed by atoms with Crippen molar-refractivity contribution in [3.8, 4) is 0 Å². The molecule has 0 amide bonds. The third-order valence-corrected chi connectivity index (χ3v) is 4.97. The minimum absolute atomic E-state index is 0.403. The molecule has 1 fully saturated rings. The van der Waals surface area contributed by atoms with E-state index in [1.165, 1.54) is 55.4 Å². The SMILES string of the molecule is O=C(CC1CC1)c1cc2c(s1)CCCCC2. The predicted molar refractivity (Wildman–Crippen MR) is 67.2 cm³/mol. The summed E-state index contributed by atoms with van der Waals surface area (Å²) in [5.41, 5.74) is 1.47. The highest BCUT2D eigenvalue weighted by atomic mass is 32.1. The van der Waals surface area contributed by atoms with E-state index in [9.17, 15) is 4.79 Å². The van der Waals surface area contributed by atoms with Crippen LogP contribution in [0.1, 0.15) is 58.6 Å². The zero-order valence-electron chi connectivity index (χ0n) is 9.63. The van der Waals surface area contributed by atoms with Gasteiger partial charge in [0.2, 0.25) is 0 Å². The quantitative estimate of drug-likeness (QED) is 0.570. The van der Waals surface area contributed by atoms with E-state index in [1.807, 2.05) is 0 Å². The Kier molecular flexibility index (Phi) is 2.84. The molecule has 0 radical (unpaired) electrons. The van der Waals surface area contributed by atoms with Gasteiger partial charge in [0.05, 0.1) is 4.88 Å². The lowest BCUT2D eigenvalue weighted by atomic mass is 10.1. The van der Waals surface area contributed by atoms with E-state index in [0.717, 1.165) is 17.2 Å². The summed E-state index contributed by atoms with van der Waals surface area (Å²) < 4.78 is 0. The average molecular weight is 234 g/mol. The van der Waals surface area contributed by atoms with Gasteiger partial charge in [-0.2, -0.15) is 0 Å². The highest BCUT2D eigenvalue weighted by Crippen LogP contribution is 2.36. The van der Waals surface area contributed by atoms with Crippen LogP contribution in [-0.2, 0) is 12.8 Å². The van der Waals surface area contributed by atoms with Crippen LogP contribution in [-0.4, -0.2) is 5.78 Å². The van der Waals surface area contributed by atoms with Crippen molar-refractivity contribution >= 4 is 17.1 Å². The highest BCUT2D eigenvalue weighted by Gasteiger charge is 2.26. The fraction of sp³-hybridized carbons (Fsp3) is 0.643. The first-order valence-electron chi connectivity index (χ1n) is 6.48. The van der Waals surface area contributed by atoms with Crippen LogP contribution < -0.4 is 0 Å². The number of carbonyl (C=O) groups excluding carboxylic acids is 1. The Morgan fingerprint density at radius 2 is 2.06 bits per heavy atom. The summed E-state index contributed by atoms with van der Waals surface area (Å²) in [6, 6.07) is 2.19. The second kappa shape index (κ2) is 4.33. The molecule has 0 bridgehead atoms. The molecule has 1 nitrogen and oxygen atoms in total. The topological polar surface area (TPSA) is 17.1 Å². The number of Topliss-reactive ketones (excluding diaryl/α,β-unsaturated/α-hetero) is 1. The molecule has 86 valence electrons. The number of fused-ring (bicyclic) bond motifs is 1. The smallest absolute Gasteiger partial charge is 0.173 e. The number of thiophene rings is 1. The van der Waals surface area contributed by atoms with Crippen molar-refractivity contribution in [2.75, 3.05) is 0 Å². The summed E-state index contributed by atoms with van der Waals surface area (Å²) in [6.45, 7) is 0. The van der Waals surface area contributed by atoms with Crippen molar-refractivity contribution in [1.29, 1.82) is 0 Å². The van der Waals surface area contributed by atoms with Crippen LogP contribution in [0.15, 0.2) is 6.07 Å². The molecule has 0 atom stereocenters. The lowest BCUT2D eigenvalue weighted by Gasteiger charge is -1.95. The fourth-order valence-corrected chi connectivity index (χ4v) is 3.69. The number of rotatable bonds is 3. The van der Waals surface area contributed by atoms with Crippen LogP contribution in [0.5, 0.6) is 0 Å². The molecular weight excluding hydrogens is 216 g/mol. The molecule has 0 saturated heterocycles. The molecule has 0 unspecified atom stereocenters. The molecule has 0 aliphatic heterocycles. The van der Waals surface area contributed by atoms with Crippen molar-refractivity contribution in [2.45, 2.75) is 51.4 Å². The molecule has 0 aromatic carbocycles. The Morgan fingerprint density at radius 1 is 1.25 bits per heavy atom. The van der Waals surface area contributed by atoms with Gasteiger partial charge in [0.25, 0.3) is 0 Å². The van der Waals surface area contributed by atoms with Gasteiger partial charge in [-0.15, -0.1) is 11.3 Å². The van der Waals surface area contributed by atoms with Crippen LogP contribution in [0.3, 0.4) is 0 Å². The Bertz CT molecular complexity index is 377. The van der Waals surface area contributed by atoms with E-state index >= 15 is 0 Å². The first-order valence-corrected chi connectivity index (χ1v) is 7.29. The van der Waals surface area contributed by atoms with E-state index in [1.54, 1.807) is 11.3 Å². The molecule has 1 aromatic rings. The molecule has 0 spiro atoms. The lowest BCUT2D eigenvalue weighted by Crippen LogP contribution is -1.96. The molecule has 3 rings (SSSR count). The average Bonchev–Trinajstić information content (AvgIpc) is 3.03. The van der Waals surface area contributed by atoms with Crippen LogP contribution in [0.25, 0.3) is 0 Å². The molecular formula is C14H18OS. The van der Waals surface area contributed by atoms with Crippen molar-refractivity contribution in [1.82, 2.24) is 0 Å². The van der Waals surface area contributed by atoms with Crippen molar-refractivity contribution in [3.63, 3.8) is 0 Å².